The normalized spacial score (nSPS) is 14.5. The molecule has 0 aliphatic rings. The van der Waals surface area contributed by atoms with Crippen LogP contribution in [0.5, 0.6) is 0 Å². The minimum Gasteiger partial charge on any atom is -0.468 e. The summed E-state index contributed by atoms with van der Waals surface area (Å²) in [5.41, 5.74) is 0.858. The van der Waals surface area contributed by atoms with Crippen molar-refractivity contribution in [2.75, 3.05) is 13.7 Å². The number of ether oxygens (including phenoxy) is 1. The van der Waals surface area contributed by atoms with Gasteiger partial charge in [0, 0.05) is 0 Å². The van der Waals surface area contributed by atoms with Gasteiger partial charge in [0.25, 0.3) is 0 Å². The Labute approximate surface area is 120 Å². The zero-order valence-electron chi connectivity index (χ0n) is 11.6. The summed E-state index contributed by atoms with van der Waals surface area (Å²) in [6.07, 6.45) is -7.27. The number of carbonyl (C=O) groups excluding carboxylic acids is 1. The van der Waals surface area contributed by atoms with Crippen molar-refractivity contribution in [3.05, 3.63) is 35.9 Å². The van der Waals surface area contributed by atoms with Crippen molar-refractivity contribution >= 4 is 5.97 Å². The number of aliphatic hydroxyl groups is 1. The third kappa shape index (κ3) is 6.14. The lowest BCUT2D eigenvalue weighted by molar-refractivity contribution is -0.205. The van der Waals surface area contributed by atoms with E-state index in [1.54, 1.807) is 12.1 Å². The molecule has 0 fully saturated rings. The van der Waals surface area contributed by atoms with Gasteiger partial charge in [-0.05, 0) is 24.9 Å². The van der Waals surface area contributed by atoms with E-state index in [0.29, 0.717) is 6.42 Å². The quantitative estimate of drug-likeness (QED) is 0.753. The molecule has 1 rings (SSSR count). The molecule has 0 radical (unpaired) electrons. The number of esters is 1. The smallest absolute Gasteiger partial charge is 0.414 e. The van der Waals surface area contributed by atoms with E-state index in [0.717, 1.165) is 5.56 Å². The Hall–Kier alpha value is -1.60. The van der Waals surface area contributed by atoms with E-state index in [1.165, 1.54) is 7.11 Å². The van der Waals surface area contributed by atoms with E-state index < -0.39 is 30.7 Å². The van der Waals surface area contributed by atoms with Gasteiger partial charge in [0.1, 0.15) is 6.04 Å². The number of carbonyl (C=O) groups is 1. The van der Waals surface area contributed by atoms with Gasteiger partial charge >= 0.3 is 12.1 Å². The van der Waals surface area contributed by atoms with Gasteiger partial charge in [0.05, 0.1) is 7.11 Å². The van der Waals surface area contributed by atoms with Gasteiger partial charge in [-0.2, -0.15) is 13.2 Å². The van der Waals surface area contributed by atoms with Gasteiger partial charge in [0.2, 0.25) is 0 Å². The van der Waals surface area contributed by atoms with Crippen molar-refractivity contribution in [3.8, 4) is 0 Å². The number of alkyl halides is 3. The van der Waals surface area contributed by atoms with E-state index in [9.17, 15) is 18.0 Å². The Morgan fingerprint density at radius 3 is 2.48 bits per heavy atom. The van der Waals surface area contributed by atoms with Crippen LogP contribution in [0.4, 0.5) is 13.2 Å². The molecule has 2 atom stereocenters. The zero-order valence-corrected chi connectivity index (χ0v) is 11.6. The number of hydrogen-bond acceptors (Lipinski definition) is 4. The van der Waals surface area contributed by atoms with E-state index in [1.807, 2.05) is 18.2 Å². The lowest BCUT2D eigenvalue weighted by Gasteiger charge is -2.19. The van der Waals surface area contributed by atoms with Crippen LogP contribution in [0.3, 0.4) is 0 Å². The second-order valence-electron chi connectivity index (χ2n) is 4.57. The Balaban J connectivity index is 2.53. The van der Waals surface area contributed by atoms with E-state index in [-0.39, 0.29) is 6.54 Å². The maximum Gasteiger partial charge on any atom is 0.414 e. The van der Waals surface area contributed by atoms with Crippen LogP contribution in [0.15, 0.2) is 30.3 Å². The van der Waals surface area contributed by atoms with Gasteiger partial charge < -0.3 is 15.2 Å². The van der Waals surface area contributed by atoms with Crippen molar-refractivity contribution in [3.63, 3.8) is 0 Å². The largest absolute Gasteiger partial charge is 0.468 e. The molecule has 1 aromatic carbocycles. The van der Waals surface area contributed by atoms with Crippen LogP contribution in [0.2, 0.25) is 0 Å². The van der Waals surface area contributed by atoms with E-state index in [4.69, 9.17) is 5.11 Å². The van der Waals surface area contributed by atoms with Gasteiger partial charge in [-0.3, -0.25) is 4.79 Å². The first-order valence-corrected chi connectivity index (χ1v) is 6.44. The fourth-order valence-corrected chi connectivity index (χ4v) is 1.79. The third-order valence-corrected chi connectivity index (χ3v) is 2.95. The maximum absolute atomic E-state index is 12.2. The van der Waals surface area contributed by atoms with Crippen LogP contribution in [-0.2, 0) is 16.0 Å². The van der Waals surface area contributed by atoms with Crippen molar-refractivity contribution in [2.45, 2.75) is 31.2 Å². The summed E-state index contributed by atoms with van der Waals surface area (Å²) in [5, 5.41) is 11.6. The molecule has 0 aliphatic carbocycles. The van der Waals surface area contributed by atoms with Gasteiger partial charge in [-0.1, -0.05) is 30.3 Å². The Kier molecular flexibility index (Phi) is 6.64. The SMILES string of the molecule is COC(=O)[C@H](Cc1ccccc1)NCCC(O)C(F)(F)F. The summed E-state index contributed by atoms with van der Waals surface area (Å²) >= 11 is 0. The van der Waals surface area contributed by atoms with Crippen LogP contribution in [0.25, 0.3) is 0 Å². The van der Waals surface area contributed by atoms with Crippen LogP contribution in [0.1, 0.15) is 12.0 Å². The first-order chi connectivity index (χ1) is 9.84. The molecule has 0 spiro atoms. The summed E-state index contributed by atoms with van der Waals surface area (Å²) in [5.74, 6) is -0.555. The molecule has 2 N–H and O–H groups in total. The molecule has 0 aliphatic heterocycles. The predicted molar refractivity (Wildman–Crippen MR) is 70.6 cm³/mol. The highest BCUT2D eigenvalue weighted by atomic mass is 19.4. The highest BCUT2D eigenvalue weighted by Gasteiger charge is 2.37. The molecule has 4 nitrogen and oxygen atoms in total. The average molecular weight is 305 g/mol. The number of hydrogen-bond donors (Lipinski definition) is 2. The maximum atomic E-state index is 12.2. The first kappa shape index (κ1) is 17.5. The Bertz CT molecular complexity index is 437. The number of benzene rings is 1. The molecule has 0 amide bonds. The van der Waals surface area contributed by atoms with Gasteiger partial charge in [0.15, 0.2) is 6.10 Å². The summed E-state index contributed by atoms with van der Waals surface area (Å²) in [7, 11) is 1.21. The molecule has 0 saturated carbocycles. The molecular formula is C14H18F3NO3. The monoisotopic (exact) mass is 305 g/mol. The van der Waals surface area contributed by atoms with Crippen LogP contribution >= 0.6 is 0 Å². The molecule has 0 aromatic heterocycles. The molecule has 0 saturated heterocycles. The lowest BCUT2D eigenvalue weighted by Crippen LogP contribution is -2.42. The molecule has 1 unspecified atom stereocenters. The number of halogens is 3. The number of rotatable bonds is 7. The topological polar surface area (TPSA) is 58.6 Å². The van der Waals surface area contributed by atoms with Gasteiger partial charge in [-0.25, -0.2) is 0 Å². The third-order valence-electron chi connectivity index (χ3n) is 2.95. The standard InChI is InChI=1S/C14H18F3NO3/c1-21-13(20)11(9-10-5-3-2-4-6-10)18-8-7-12(19)14(15,16)17/h2-6,11-12,18-19H,7-9H2,1H3/t11-,12?/m0/s1. The Morgan fingerprint density at radius 1 is 1.33 bits per heavy atom. The summed E-state index contributed by atoms with van der Waals surface area (Å²) in [4.78, 5) is 11.6. The second kappa shape index (κ2) is 7.99. The molecule has 0 bridgehead atoms. The van der Waals surface area contributed by atoms with Crippen LogP contribution < -0.4 is 5.32 Å². The van der Waals surface area contributed by atoms with E-state index >= 15 is 0 Å². The number of aliphatic hydroxyl groups excluding tert-OH is 1. The van der Waals surface area contributed by atoms with Crippen molar-refractivity contribution < 1.29 is 27.8 Å². The summed E-state index contributed by atoms with van der Waals surface area (Å²) in [6, 6.07) is 8.29. The molecule has 0 heterocycles. The van der Waals surface area contributed by atoms with Crippen LogP contribution in [0, 0.1) is 0 Å². The highest BCUT2D eigenvalue weighted by Crippen LogP contribution is 2.21. The van der Waals surface area contributed by atoms with Gasteiger partial charge in [-0.15, -0.1) is 0 Å². The fourth-order valence-electron chi connectivity index (χ4n) is 1.79. The Morgan fingerprint density at radius 2 is 1.95 bits per heavy atom. The summed E-state index contributed by atoms with van der Waals surface area (Å²) < 4.78 is 41.2. The lowest BCUT2D eigenvalue weighted by atomic mass is 10.1. The van der Waals surface area contributed by atoms with E-state index in [2.05, 4.69) is 10.1 Å². The molecule has 7 heteroatoms. The zero-order chi connectivity index (χ0) is 15.9. The molecule has 1 aromatic rings. The first-order valence-electron chi connectivity index (χ1n) is 6.44. The minimum atomic E-state index is -4.65. The molecule has 21 heavy (non-hydrogen) atoms. The highest BCUT2D eigenvalue weighted by molar-refractivity contribution is 5.76. The molecular weight excluding hydrogens is 287 g/mol. The minimum absolute atomic E-state index is 0.146. The predicted octanol–water partition coefficient (Wildman–Crippen LogP) is 1.67. The molecule has 118 valence electrons. The van der Waals surface area contributed by atoms with Crippen molar-refractivity contribution in [2.24, 2.45) is 0 Å². The number of nitrogens with one attached hydrogen (secondary N) is 1. The average Bonchev–Trinajstić information content (AvgIpc) is 2.45. The number of methoxy groups -OCH3 is 1. The van der Waals surface area contributed by atoms with Crippen molar-refractivity contribution in [1.82, 2.24) is 5.32 Å². The second-order valence-corrected chi connectivity index (χ2v) is 4.57. The van der Waals surface area contributed by atoms with Crippen LogP contribution in [-0.4, -0.2) is 43.1 Å². The van der Waals surface area contributed by atoms with Crippen molar-refractivity contribution in [1.29, 1.82) is 0 Å². The fraction of sp³-hybridized carbons (Fsp3) is 0.500. The summed E-state index contributed by atoms with van der Waals surface area (Å²) in [6.45, 7) is -0.146.